The van der Waals surface area contributed by atoms with E-state index in [9.17, 15) is 8.78 Å². The summed E-state index contributed by atoms with van der Waals surface area (Å²) in [7, 11) is 0. The first-order chi connectivity index (χ1) is 9.61. The molecule has 1 fully saturated rings. The fourth-order valence-electron chi connectivity index (χ4n) is 2.98. The molecule has 1 saturated carbocycles. The maximum atomic E-state index is 13.8. The first-order valence-corrected chi connectivity index (χ1v) is 8.24. The van der Waals surface area contributed by atoms with Crippen molar-refractivity contribution in [1.82, 2.24) is 5.32 Å². The molecule has 0 aromatic heterocycles. The SMILES string of the molecule is CCC1CCC(CNCc2c(F)ccc(Br)c2F)CC1. The zero-order valence-electron chi connectivity index (χ0n) is 11.9. The molecule has 1 aromatic rings. The second-order valence-electron chi connectivity index (χ2n) is 5.75. The minimum absolute atomic E-state index is 0.126. The van der Waals surface area contributed by atoms with Crippen molar-refractivity contribution < 1.29 is 8.78 Å². The third kappa shape index (κ3) is 4.01. The lowest BCUT2D eigenvalue weighted by Crippen LogP contribution is -2.26. The Morgan fingerprint density at radius 3 is 2.45 bits per heavy atom. The van der Waals surface area contributed by atoms with Crippen molar-refractivity contribution in [2.75, 3.05) is 6.54 Å². The molecule has 0 spiro atoms. The normalized spacial score (nSPS) is 23.0. The van der Waals surface area contributed by atoms with Gasteiger partial charge in [-0.25, -0.2) is 8.78 Å². The van der Waals surface area contributed by atoms with Crippen LogP contribution in [0.4, 0.5) is 8.78 Å². The van der Waals surface area contributed by atoms with E-state index in [-0.39, 0.29) is 12.1 Å². The molecule has 1 aliphatic rings. The molecule has 20 heavy (non-hydrogen) atoms. The van der Waals surface area contributed by atoms with E-state index >= 15 is 0 Å². The smallest absolute Gasteiger partial charge is 0.144 e. The summed E-state index contributed by atoms with van der Waals surface area (Å²) < 4.78 is 27.7. The number of hydrogen-bond acceptors (Lipinski definition) is 1. The number of benzene rings is 1. The van der Waals surface area contributed by atoms with E-state index in [1.807, 2.05) is 0 Å². The number of halogens is 3. The van der Waals surface area contributed by atoms with E-state index in [1.54, 1.807) is 0 Å². The monoisotopic (exact) mass is 345 g/mol. The average Bonchev–Trinajstić information content (AvgIpc) is 2.47. The molecule has 1 nitrogen and oxygen atoms in total. The van der Waals surface area contributed by atoms with Crippen LogP contribution >= 0.6 is 15.9 Å². The lowest BCUT2D eigenvalue weighted by atomic mass is 9.81. The Hall–Kier alpha value is -0.480. The van der Waals surface area contributed by atoms with Crippen molar-refractivity contribution in [3.8, 4) is 0 Å². The van der Waals surface area contributed by atoms with E-state index in [1.165, 1.54) is 44.2 Å². The first-order valence-electron chi connectivity index (χ1n) is 7.44. The third-order valence-electron chi connectivity index (χ3n) is 4.42. The van der Waals surface area contributed by atoms with Crippen LogP contribution in [0.1, 0.15) is 44.6 Å². The van der Waals surface area contributed by atoms with Crippen LogP contribution in [0.25, 0.3) is 0 Å². The molecule has 0 aliphatic heterocycles. The van der Waals surface area contributed by atoms with Crippen molar-refractivity contribution in [2.45, 2.75) is 45.6 Å². The molecular weight excluding hydrogens is 324 g/mol. The van der Waals surface area contributed by atoms with Gasteiger partial charge in [-0.2, -0.15) is 0 Å². The highest BCUT2D eigenvalue weighted by Gasteiger charge is 2.20. The second kappa shape index (κ2) is 7.51. The van der Waals surface area contributed by atoms with Crippen LogP contribution < -0.4 is 5.32 Å². The largest absolute Gasteiger partial charge is 0.312 e. The Morgan fingerprint density at radius 2 is 1.80 bits per heavy atom. The van der Waals surface area contributed by atoms with Crippen LogP contribution in [0.15, 0.2) is 16.6 Å². The lowest BCUT2D eigenvalue weighted by Gasteiger charge is -2.28. The molecular formula is C16H22BrF2N. The third-order valence-corrected chi connectivity index (χ3v) is 5.03. The molecule has 0 saturated heterocycles. The summed E-state index contributed by atoms with van der Waals surface area (Å²) in [6.07, 6.45) is 6.32. The highest BCUT2D eigenvalue weighted by Crippen LogP contribution is 2.30. The highest BCUT2D eigenvalue weighted by atomic mass is 79.9. The standard InChI is InChI=1S/C16H22BrF2N/c1-2-11-3-5-12(6-4-11)9-20-10-13-15(18)8-7-14(17)16(13)19/h7-8,11-12,20H,2-6,9-10H2,1H3. The van der Waals surface area contributed by atoms with Gasteiger partial charge < -0.3 is 5.32 Å². The Balaban J connectivity index is 1.81. The topological polar surface area (TPSA) is 12.0 Å². The van der Waals surface area contributed by atoms with Gasteiger partial charge in [-0.15, -0.1) is 0 Å². The summed E-state index contributed by atoms with van der Waals surface area (Å²) >= 11 is 3.09. The molecule has 1 aliphatic carbocycles. The van der Waals surface area contributed by atoms with Crippen LogP contribution in [0.3, 0.4) is 0 Å². The molecule has 1 aromatic carbocycles. The van der Waals surface area contributed by atoms with Crippen LogP contribution in [-0.2, 0) is 6.54 Å². The minimum Gasteiger partial charge on any atom is -0.312 e. The predicted octanol–water partition coefficient (Wildman–Crippen LogP) is 5.03. The molecule has 0 radical (unpaired) electrons. The van der Waals surface area contributed by atoms with Crippen LogP contribution in [-0.4, -0.2) is 6.54 Å². The van der Waals surface area contributed by atoms with E-state index in [4.69, 9.17) is 0 Å². The first kappa shape index (κ1) is 15.9. The molecule has 0 unspecified atom stereocenters. The van der Waals surface area contributed by atoms with E-state index in [2.05, 4.69) is 28.2 Å². The van der Waals surface area contributed by atoms with Crippen molar-refractivity contribution in [1.29, 1.82) is 0 Å². The van der Waals surface area contributed by atoms with Gasteiger partial charge in [-0.3, -0.25) is 0 Å². The molecule has 0 atom stereocenters. The van der Waals surface area contributed by atoms with Crippen LogP contribution in [0, 0.1) is 23.5 Å². The molecule has 0 heterocycles. The van der Waals surface area contributed by atoms with E-state index in [0.717, 1.165) is 12.5 Å². The Labute approximate surface area is 128 Å². The Kier molecular flexibility index (Phi) is 5.97. The summed E-state index contributed by atoms with van der Waals surface area (Å²) in [5.74, 6) is 0.558. The van der Waals surface area contributed by atoms with Crippen molar-refractivity contribution in [2.24, 2.45) is 11.8 Å². The van der Waals surface area contributed by atoms with Crippen LogP contribution in [0.2, 0.25) is 0 Å². The highest BCUT2D eigenvalue weighted by molar-refractivity contribution is 9.10. The summed E-state index contributed by atoms with van der Waals surface area (Å²) in [5, 5.41) is 3.21. The summed E-state index contributed by atoms with van der Waals surface area (Å²) in [6, 6.07) is 2.71. The van der Waals surface area contributed by atoms with Crippen molar-refractivity contribution >= 4 is 15.9 Å². The van der Waals surface area contributed by atoms with Crippen LogP contribution in [0.5, 0.6) is 0 Å². The van der Waals surface area contributed by atoms with Gasteiger partial charge in [-0.1, -0.05) is 26.2 Å². The van der Waals surface area contributed by atoms with Gasteiger partial charge in [0, 0.05) is 12.1 Å². The summed E-state index contributed by atoms with van der Waals surface area (Å²) in [4.78, 5) is 0. The number of hydrogen-bond donors (Lipinski definition) is 1. The van der Waals surface area contributed by atoms with Crippen molar-refractivity contribution in [3.63, 3.8) is 0 Å². The molecule has 1 N–H and O–H groups in total. The van der Waals surface area contributed by atoms with Gasteiger partial charge >= 0.3 is 0 Å². The maximum Gasteiger partial charge on any atom is 0.144 e. The van der Waals surface area contributed by atoms with Crippen molar-refractivity contribution in [3.05, 3.63) is 33.8 Å². The van der Waals surface area contributed by atoms with E-state index in [0.29, 0.717) is 10.4 Å². The summed E-state index contributed by atoms with van der Waals surface area (Å²) in [5.41, 5.74) is 0.126. The number of rotatable bonds is 5. The fourth-order valence-corrected chi connectivity index (χ4v) is 3.35. The molecule has 112 valence electrons. The molecule has 0 bridgehead atoms. The maximum absolute atomic E-state index is 13.8. The van der Waals surface area contributed by atoms with Gasteiger partial charge in [0.25, 0.3) is 0 Å². The van der Waals surface area contributed by atoms with Gasteiger partial charge in [-0.05, 0) is 59.3 Å². The average molecular weight is 346 g/mol. The Bertz CT molecular complexity index is 442. The zero-order valence-corrected chi connectivity index (χ0v) is 13.5. The zero-order chi connectivity index (χ0) is 14.5. The Morgan fingerprint density at radius 1 is 1.15 bits per heavy atom. The molecule has 2 rings (SSSR count). The second-order valence-corrected chi connectivity index (χ2v) is 6.60. The summed E-state index contributed by atoms with van der Waals surface area (Å²) in [6.45, 7) is 3.36. The van der Waals surface area contributed by atoms with Gasteiger partial charge in [0.1, 0.15) is 11.6 Å². The fraction of sp³-hybridized carbons (Fsp3) is 0.625. The predicted molar refractivity (Wildman–Crippen MR) is 81.5 cm³/mol. The van der Waals surface area contributed by atoms with Gasteiger partial charge in [0.05, 0.1) is 4.47 Å². The quantitative estimate of drug-likeness (QED) is 0.737. The minimum atomic E-state index is -0.493. The van der Waals surface area contributed by atoms with Gasteiger partial charge in [0.15, 0.2) is 0 Å². The molecule has 0 amide bonds. The van der Waals surface area contributed by atoms with Gasteiger partial charge in [0.2, 0.25) is 0 Å². The number of nitrogens with one attached hydrogen (secondary N) is 1. The van der Waals surface area contributed by atoms with E-state index < -0.39 is 11.6 Å². The lowest BCUT2D eigenvalue weighted by molar-refractivity contribution is 0.262. The molecule has 4 heteroatoms.